The first-order valence-corrected chi connectivity index (χ1v) is 11.0. The Kier molecular flexibility index (Phi) is 5.03. The molecular formula is C25H29N5. The molecule has 1 N–H and O–H groups in total. The van der Waals surface area contributed by atoms with E-state index in [4.69, 9.17) is 9.97 Å². The first-order valence-electron chi connectivity index (χ1n) is 11.0. The van der Waals surface area contributed by atoms with Gasteiger partial charge in [-0.2, -0.15) is 4.98 Å². The van der Waals surface area contributed by atoms with Gasteiger partial charge in [0.05, 0.1) is 0 Å². The summed E-state index contributed by atoms with van der Waals surface area (Å²) in [5.74, 6) is 2.45. The Labute approximate surface area is 178 Å². The Morgan fingerprint density at radius 2 is 1.70 bits per heavy atom. The molecule has 2 aromatic carbocycles. The number of piperidine rings is 1. The summed E-state index contributed by atoms with van der Waals surface area (Å²) in [5.41, 5.74) is 5.90. The van der Waals surface area contributed by atoms with Crippen molar-refractivity contribution < 1.29 is 0 Å². The third-order valence-corrected chi connectivity index (χ3v) is 6.26. The summed E-state index contributed by atoms with van der Waals surface area (Å²) in [4.78, 5) is 14.2. The molecule has 154 valence electrons. The topological polar surface area (TPSA) is 44.3 Å². The van der Waals surface area contributed by atoms with E-state index in [-0.39, 0.29) is 0 Å². The zero-order valence-electron chi connectivity index (χ0n) is 17.8. The smallest absolute Gasteiger partial charge is 0.232 e. The van der Waals surface area contributed by atoms with Gasteiger partial charge in [-0.1, -0.05) is 25.1 Å². The molecule has 0 spiro atoms. The summed E-state index contributed by atoms with van der Waals surface area (Å²) < 4.78 is 0. The number of rotatable bonds is 4. The van der Waals surface area contributed by atoms with Gasteiger partial charge in [-0.15, -0.1) is 0 Å². The lowest BCUT2D eigenvalue weighted by molar-refractivity contribution is 0.438. The molecule has 1 fully saturated rings. The molecule has 5 heteroatoms. The average molecular weight is 400 g/mol. The van der Waals surface area contributed by atoms with E-state index in [1.165, 1.54) is 29.8 Å². The minimum absolute atomic E-state index is 0.765. The van der Waals surface area contributed by atoms with Crippen molar-refractivity contribution in [1.29, 1.82) is 0 Å². The van der Waals surface area contributed by atoms with E-state index in [1.807, 2.05) is 13.0 Å². The zero-order valence-corrected chi connectivity index (χ0v) is 17.8. The fourth-order valence-corrected chi connectivity index (χ4v) is 4.45. The van der Waals surface area contributed by atoms with Crippen molar-refractivity contribution in [3.05, 3.63) is 65.9 Å². The van der Waals surface area contributed by atoms with Crippen molar-refractivity contribution in [2.45, 2.75) is 33.1 Å². The number of fused-ring (bicyclic) bond motifs is 1. The number of nitrogens with one attached hydrogen (secondary N) is 1. The highest BCUT2D eigenvalue weighted by Gasteiger charge is 2.22. The first-order chi connectivity index (χ1) is 14.7. The maximum absolute atomic E-state index is 4.82. The van der Waals surface area contributed by atoms with Gasteiger partial charge in [-0.3, -0.25) is 0 Å². The third kappa shape index (κ3) is 3.84. The molecule has 0 bridgehead atoms. The minimum Gasteiger partial charge on any atom is -0.372 e. The van der Waals surface area contributed by atoms with Gasteiger partial charge < -0.3 is 15.1 Å². The number of hydrogen-bond donors (Lipinski definition) is 1. The highest BCUT2D eigenvalue weighted by atomic mass is 15.3. The van der Waals surface area contributed by atoms with Gasteiger partial charge in [0.15, 0.2) is 0 Å². The SMILES string of the molecule is Cc1cc(Nc2ccc(N3CCC(C)CC3)cc2)nc(N2CCc3ccccc32)n1. The number of benzene rings is 2. The fourth-order valence-electron chi connectivity index (χ4n) is 4.45. The molecular weight excluding hydrogens is 370 g/mol. The fraction of sp³-hybridized carbons (Fsp3) is 0.360. The quantitative estimate of drug-likeness (QED) is 0.631. The van der Waals surface area contributed by atoms with Gasteiger partial charge in [0.25, 0.3) is 0 Å². The van der Waals surface area contributed by atoms with Gasteiger partial charge in [-0.25, -0.2) is 4.98 Å². The molecule has 3 heterocycles. The summed E-state index contributed by atoms with van der Waals surface area (Å²) in [6, 6.07) is 19.2. The molecule has 0 radical (unpaired) electrons. The van der Waals surface area contributed by atoms with Crippen molar-refractivity contribution >= 4 is 28.8 Å². The van der Waals surface area contributed by atoms with Crippen LogP contribution in [0.25, 0.3) is 0 Å². The van der Waals surface area contributed by atoms with E-state index in [0.717, 1.165) is 55.1 Å². The van der Waals surface area contributed by atoms with E-state index in [2.05, 4.69) is 70.6 Å². The minimum atomic E-state index is 0.765. The van der Waals surface area contributed by atoms with Crippen molar-refractivity contribution in [2.24, 2.45) is 5.92 Å². The molecule has 30 heavy (non-hydrogen) atoms. The maximum atomic E-state index is 4.82. The normalized spacial score (nSPS) is 16.6. The standard InChI is InChI=1S/C25H29N5/c1-18-11-14-29(15-12-18)22-9-7-21(8-10-22)27-24-17-19(2)26-25(28-24)30-16-13-20-5-3-4-6-23(20)30/h3-10,17-18H,11-16H2,1-2H3,(H,26,27,28). The van der Waals surface area contributed by atoms with Crippen LogP contribution < -0.4 is 15.1 Å². The molecule has 2 aliphatic rings. The van der Waals surface area contributed by atoms with Gasteiger partial charge in [0, 0.05) is 48.5 Å². The average Bonchev–Trinajstić information content (AvgIpc) is 3.19. The van der Waals surface area contributed by atoms with E-state index in [1.54, 1.807) is 0 Å². The largest absolute Gasteiger partial charge is 0.372 e. The van der Waals surface area contributed by atoms with E-state index in [9.17, 15) is 0 Å². The first kappa shape index (κ1) is 18.9. The van der Waals surface area contributed by atoms with Crippen LogP contribution in [0.2, 0.25) is 0 Å². The van der Waals surface area contributed by atoms with Gasteiger partial charge >= 0.3 is 0 Å². The highest BCUT2D eigenvalue weighted by molar-refractivity contribution is 5.68. The number of aromatic nitrogens is 2. The molecule has 0 amide bonds. The molecule has 5 rings (SSSR count). The van der Waals surface area contributed by atoms with Crippen LogP contribution in [0.15, 0.2) is 54.6 Å². The number of nitrogens with zero attached hydrogens (tertiary/aromatic N) is 4. The second-order valence-corrected chi connectivity index (χ2v) is 8.57. The Balaban J connectivity index is 1.33. The summed E-state index contributed by atoms with van der Waals surface area (Å²) in [6.45, 7) is 7.60. The lowest BCUT2D eigenvalue weighted by atomic mass is 9.99. The second-order valence-electron chi connectivity index (χ2n) is 8.57. The van der Waals surface area contributed by atoms with Crippen LogP contribution in [0.4, 0.5) is 28.8 Å². The molecule has 1 saturated heterocycles. The third-order valence-electron chi connectivity index (χ3n) is 6.26. The Bertz CT molecular complexity index is 1020. The monoisotopic (exact) mass is 399 g/mol. The number of para-hydroxylation sites is 1. The molecule has 0 aliphatic carbocycles. The van der Waals surface area contributed by atoms with Crippen LogP contribution in [-0.2, 0) is 6.42 Å². The maximum Gasteiger partial charge on any atom is 0.232 e. The molecule has 1 aromatic heterocycles. The molecule has 5 nitrogen and oxygen atoms in total. The van der Waals surface area contributed by atoms with Gasteiger partial charge in [0.2, 0.25) is 5.95 Å². The number of hydrogen-bond acceptors (Lipinski definition) is 5. The van der Waals surface area contributed by atoms with Gasteiger partial charge in [-0.05, 0) is 68.0 Å². The van der Waals surface area contributed by atoms with Crippen LogP contribution in [0.5, 0.6) is 0 Å². The Morgan fingerprint density at radius 1 is 0.933 bits per heavy atom. The van der Waals surface area contributed by atoms with Crippen molar-refractivity contribution in [3.63, 3.8) is 0 Å². The zero-order chi connectivity index (χ0) is 20.5. The predicted molar refractivity (Wildman–Crippen MR) is 124 cm³/mol. The van der Waals surface area contributed by atoms with Crippen LogP contribution in [0, 0.1) is 12.8 Å². The molecule has 0 unspecified atom stereocenters. The van der Waals surface area contributed by atoms with Crippen LogP contribution in [0.3, 0.4) is 0 Å². The lowest BCUT2D eigenvalue weighted by Crippen LogP contribution is -2.32. The van der Waals surface area contributed by atoms with Crippen molar-refractivity contribution in [1.82, 2.24) is 9.97 Å². The Hall–Kier alpha value is -3.08. The van der Waals surface area contributed by atoms with Crippen molar-refractivity contribution in [3.8, 4) is 0 Å². The molecule has 3 aromatic rings. The van der Waals surface area contributed by atoms with Crippen LogP contribution in [-0.4, -0.2) is 29.6 Å². The predicted octanol–water partition coefficient (Wildman–Crippen LogP) is 5.46. The van der Waals surface area contributed by atoms with Crippen LogP contribution >= 0.6 is 0 Å². The Morgan fingerprint density at radius 3 is 2.50 bits per heavy atom. The summed E-state index contributed by atoms with van der Waals surface area (Å²) >= 11 is 0. The van der Waals surface area contributed by atoms with E-state index < -0.39 is 0 Å². The lowest BCUT2D eigenvalue weighted by Gasteiger charge is -2.32. The summed E-state index contributed by atoms with van der Waals surface area (Å²) in [5, 5.41) is 3.47. The van der Waals surface area contributed by atoms with E-state index >= 15 is 0 Å². The molecule has 0 atom stereocenters. The second kappa shape index (κ2) is 7.98. The molecule has 2 aliphatic heterocycles. The van der Waals surface area contributed by atoms with Crippen LogP contribution in [0.1, 0.15) is 31.0 Å². The summed E-state index contributed by atoms with van der Waals surface area (Å²) in [7, 11) is 0. The molecule has 0 saturated carbocycles. The number of aryl methyl sites for hydroxylation is 1. The van der Waals surface area contributed by atoms with Gasteiger partial charge in [0.1, 0.15) is 5.82 Å². The highest BCUT2D eigenvalue weighted by Crippen LogP contribution is 2.33. The summed E-state index contributed by atoms with van der Waals surface area (Å²) in [6.07, 6.45) is 3.60. The number of anilines is 5. The van der Waals surface area contributed by atoms with E-state index in [0.29, 0.717) is 0 Å². The van der Waals surface area contributed by atoms with Crippen molar-refractivity contribution in [2.75, 3.05) is 34.8 Å².